The standard InChI is InChI=1S/C15H18ClNO3/c1-9-6-7-12(16)13(8-9)17-14(18)10-4-2-3-5-11(10)15(19)20/h6-8,10-11H,2-5H2,1H3,(H,17,18)(H,19,20). The SMILES string of the molecule is Cc1ccc(Cl)c(NC(=O)C2CCCCC2C(=O)O)c1. The largest absolute Gasteiger partial charge is 0.481 e. The topological polar surface area (TPSA) is 66.4 Å². The molecular weight excluding hydrogens is 278 g/mol. The molecule has 0 heterocycles. The molecule has 2 rings (SSSR count). The molecular formula is C15H18ClNO3. The Morgan fingerprint density at radius 3 is 2.55 bits per heavy atom. The number of anilines is 1. The summed E-state index contributed by atoms with van der Waals surface area (Å²) in [6.45, 7) is 1.91. The minimum Gasteiger partial charge on any atom is -0.481 e. The fraction of sp³-hybridized carbons (Fsp3) is 0.467. The van der Waals surface area contributed by atoms with Gasteiger partial charge in [0.15, 0.2) is 0 Å². The van der Waals surface area contributed by atoms with Gasteiger partial charge in [0, 0.05) is 0 Å². The second-order valence-electron chi connectivity index (χ2n) is 5.31. The number of hydrogen-bond acceptors (Lipinski definition) is 2. The fourth-order valence-electron chi connectivity index (χ4n) is 2.70. The van der Waals surface area contributed by atoms with Gasteiger partial charge in [0.25, 0.3) is 0 Å². The van der Waals surface area contributed by atoms with Crippen molar-refractivity contribution < 1.29 is 14.7 Å². The van der Waals surface area contributed by atoms with Crippen molar-refractivity contribution in [1.29, 1.82) is 0 Å². The number of carboxylic acids is 1. The van der Waals surface area contributed by atoms with Crippen LogP contribution in [0.4, 0.5) is 5.69 Å². The van der Waals surface area contributed by atoms with Crippen molar-refractivity contribution in [1.82, 2.24) is 0 Å². The lowest BCUT2D eigenvalue weighted by Gasteiger charge is -2.27. The van der Waals surface area contributed by atoms with E-state index in [1.807, 2.05) is 13.0 Å². The molecule has 4 nitrogen and oxygen atoms in total. The maximum atomic E-state index is 12.3. The zero-order valence-electron chi connectivity index (χ0n) is 11.4. The number of nitrogens with one attached hydrogen (secondary N) is 1. The molecule has 2 atom stereocenters. The molecule has 20 heavy (non-hydrogen) atoms. The summed E-state index contributed by atoms with van der Waals surface area (Å²) in [5, 5.41) is 12.5. The van der Waals surface area contributed by atoms with Gasteiger partial charge in [-0.3, -0.25) is 9.59 Å². The van der Waals surface area contributed by atoms with E-state index in [0.717, 1.165) is 18.4 Å². The average molecular weight is 296 g/mol. The Kier molecular flexibility index (Phi) is 4.65. The molecule has 1 aromatic carbocycles. The van der Waals surface area contributed by atoms with Gasteiger partial charge in [-0.2, -0.15) is 0 Å². The van der Waals surface area contributed by atoms with Gasteiger partial charge in [-0.05, 0) is 37.5 Å². The third-order valence-electron chi connectivity index (χ3n) is 3.80. The summed E-state index contributed by atoms with van der Waals surface area (Å²) in [6.07, 6.45) is 2.94. The fourth-order valence-corrected chi connectivity index (χ4v) is 2.87. The molecule has 108 valence electrons. The van der Waals surface area contributed by atoms with Gasteiger partial charge >= 0.3 is 5.97 Å². The lowest BCUT2D eigenvalue weighted by atomic mass is 9.78. The van der Waals surface area contributed by atoms with Gasteiger partial charge in [0.1, 0.15) is 0 Å². The Morgan fingerprint density at radius 1 is 1.25 bits per heavy atom. The van der Waals surface area contributed by atoms with E-state index in [2.05, 4.69) is 5.32 Å². The molecule has 5 heteroatoms. The van der Waals surface area contributed by atoms with Crippen molar-refractivity contribution in [3.05, 3.63) is 28.8 Å². The minimum atomic E-state index is -0.889. The molecule has 1 aliphatic carbocycles. The molecule has 1 amide bonds. The highest BCUT2D eigenvalue weighted by Gasteiger charge is 2.35. The van der Waals surface area contributed by atoms with Gasteiger partial charge in [-0.25, -0.2) is 0 Å². The molecule has 1 saturated carbocycles. The Balaban J connectivity index is 2.14. The predicted molar refractivity (Wildman–Crippen MR) is 77.9 cm³/mol. The van der Waals surface area contributed by atoms with Crippen molar-refractivity contribution in [2.24, 2.45) is 11.8 Å². The Hall–Kier alpha value is -1.55. The van der Waals surface area contributed by atoms with Gasteiger partial charge in [-0.1, -0.05) is 30.5 Å². The third-order valence-corrected chi connectivity index (χ3v) is 4.13. The van der Waals surface area contributed by atoms with Crippen molar-refractivity contribution >= 4 is 29.2 Å². The van der Waals surface area contributed by atoms with Crippen molar-refractivity contribution in [2.45, 2.75) is 32.6 Å². The van der Waals surface area contributed by atoms with Gasteiger partial charge in [0.2, 0.25) is 5.91 Å². The number of carbonyl (C=O) groups excluding carboxylic acids is 1. The van der Waals surface area contributed by atoms with Crippen LogP contribution in [0.2, 0.25) is 5.02 Å². The van der Waals surface area contributed by atoms with Gasteiger partial charge in [-0.15, -0.1) is 0 Å². The lowest BCUT2D eigenvalue weighted by Crippen LogP contribution is -2.36. The van der Waals surface area contributed by atoms with Crippen LogP contribution in [0.1, 0.15) is 31.2 Å². The summed E-state index contributed by atoms with van der Waals surface area (Å²) < 4.78 is 0. The number of carbonyl (C=O) groups is 2. The molecule has 2 N–H and O–H groups in total. The monoisotopic (exact) mass is 295 g/mol. The quantitative estimate of drug-likeness (QED) is 0.897. The smallest absolute Gasteiger partial charge is 0.307 e. The summed E-state index contributed by atoms with van der Waals surface area (Å²) in [6, 6.07) is 5.37. The summed E-state index contributed by atoms with van der Waals surface area (Å²) in [5.74, 6) is -2.20. The number of carboxylic acid groups (broad SMARTS) is 1. The molecule has 1 aliphatic rings. The second-order valence-corrected chi connectivity index (χ2v) is 5.72. The third kappa shape index (κ3) is 3.31. The van der Waals surface area contributed by atoms with E-state index in [4.69, 9.17) is 11.6 Å². The van der Waals surface area contributed by atoms with Crippen LogP contribution in [0.25, 0.3) is 0 Å². The molecule has 0 aliphatic heterocycles. The number of aryl methyl sites for hydroxylation is 1. The first-order chi connectivity index (χ1) is 9.49. The highest BCUT2D eigenvalue weighted by Crippen LogP contribution is 2.32. The first kappa shape index (κ1) is 14.9. The number of amides is 1. The van der Waals surface area contributed by atoms with Gasteiger partial charge in [0.05, 0.1) is 22.5 Å². The Morgan fingerprint density at radius 2 is 1.90 bits per heavy atom. The molecule has 0 spiro atoms. The van der Waals surface area contributed by atoms with Gasteiger partial charge < -0.3 is 10.4 Å². The molecule has 0 bridgehead atoms. The second kappa shape index (κ2) is 6.27. The normalized spacial score (nSPS) is 22.3. The average Bonchev–Trinajstić information content (AvgIpc) is 2.42. The maximum absolute atomic E-state index is 12.3. The first-order valence-corrected chi connectivity index (χ1v) is 7.16. The van der Waals surface area contributed by atoms with Crippen LogP contribution >= 0.6 is 11.6 Å². The van der Waals surface area contributed by atoms with E-state index in [0.29, 0.717) is 23.6 Å². The predicted octanol–water partition coefficient (Wildman–Crippen LogP) is 3.48. The summed E-state index contributed by atoms with van der Waals surface area (Å²) in [4.78, 5) is 23.5. The molecule has 0 saturated heterocycles. The van der Waals surface area contributed by atoms with Crippen LogP contribution in [0, 0.1) is 18.8 Å². The van der Waals surface area contributed by atoms with E-state index in [9.17, 15) is 14.7 Å². The molecule has 0 aromatic heterocycles. The summed E-state index contributed by atoms with van der Waals surface area (Å²) in [7, 11) is 0. The van der Waals surface area contributed by atoms with Crippen molar-refractivity contribution in [3.8, 4) is 0 Å². The zero-order chi connectivity index (χ0) is 14.7. The van der Waals surface area contributed by atoms with Crippen molar-refractivity contribution in [2.75, 3.05) is 5.32 Å². The number of halogens is 1. The summed E-state index contributed by atoms with van der Waals surface area (Å²) >= 11 is 6.05. The highest BCUT2D eigenvalue weighted by molar-refractivity contribution is 6.33. The number of benzene rings is 1. The van der Waals surface area contributed by atoms with E-state index < -0.39 is 17.8 Å². The lowest BCUT2D eigenvalue weighted by molar-refractivity contribution is -0.147. The number of aliphatic carboxylic acids is 1. The minimum absolute atomic E-state index is 0.246. The Labute approximate surface area is 123 Å². The van der Waals surface area contributed by atoms with Crippen LogP contribution in [-0.2, 0) is 9.59 Å². The first-order valence-electron chi connectivity index (χ1n) is 6.79. The van der Waals surface area contributed by atoms with Crippen LogP contribution in [-0.4, -0.2) is 17.0 Å². The number of hydrogen-bond donors (Lipinski definition) is 2. The van der Waals surface area contributed by atoms with Crippen LogP contribution in [0.5, 0.6) is 0 Å². The van der Waals surface area contributed by atoms with Crippen LogP contribution in [0.3, 0.4) is 0 Å². The molecule has 2 unspecified atom stereocenters. The Bertz CT molecular complexity index is 530. The summed E-state index contributed by atoms with van der Waals surface area (Å²) in [5.41, 5.74) is 1.54. The van der Waals surface area contributed by atoms with Crippen molar-refractivity contribution in [3.63, 3.8) is 0 Å². The maximum Gasteiger partial charge on any atom is 0.307 e. The van der Waals surface area contributed by atoms with Crippen LogP contribution < -0.4 is 5.32 Å². The van der Waals surface area contributed by atoms with E-state index >= 15 is 0 Å². The molecule has 1 aromatic rings. The zero-order valence-corrected chi connectivity index (χ0v) is 12.1. The van der Waals surface area contributed by atoms with Crippen LogP contribution in [0.15, 0.2) is 18.2 Å². The number of rotatable bonds is 3. The highest BCUT2D eigenvalue weighted by atomic mass is 35.5. The van der Waals surface area contributed by atoms with E-state index in [1.54, 1.807) is 12.1 Å². The van der Waals surface area contributed by atoms with E-state index in [1.165, 1.54) is 0 Å². The molecule has 0 radical (unpaired) electrons. The van der Waals surface area contributed by atoms with E-state index in [-0.39, 0.29) is 5.91 Å². The molecule has 1 fully saturated rings.